The molecule has 1 heterocycles. The van der Waals surface area contributed by atoms with Crippen molar-refractivity contribution in [1.29, 1.82) is 0 Å². The minimum Gasteiger partial charge on any atom is -0.391 e. The first-order valence-corrected chi connectivity index (χ1v) is 5.32. The topological polar surface area (TPSA) is 58.0 Å². The quantitative estimate of drug-likeness (QED) is 0.762. The molecule has 0 bridgehead atoms. The van der Waals surface area contributed by atoms with Crippen molar-refractivity contribution < 1.29 is 5.11 Å². The van der Waals surface area contributed by atoms with Crippen LogP contribution >= 0.6 is 11.5 Å². The molecule has 1 aliphatic rings. The molecule has 0 radical (unpaired) electrons. The Balaban J connectivity index is 1.72. The molecule has 0 aliphatic heterocycles. The molecule has 2 N–H and O–H groups in total. The molecule has 0 amide bonds. The third kappa shape index (κ3) is 2.16. The number of rotatable bonds is 4. The van der Waals surface area contributed by atoms with Crippen molar-refractivity contribution in [3.63, 3.8) is 0 Å². The van der Waals surface area contributed by atoms with Crippen molar-refractivity contribution in [2.24, 2.45) is 5.92 Å². The minimum absolute atomic E-state index is 0.224. The van der Waals surface area contributed by atoms with Crippen LogP contribution in [0.25, 0.3) is 0 Å². The van der Waals surface area contributed by atoms with Gasteiger partial charge in [-0.05, 0) is 18.8 Å². The molecule has 5 heteroatoms. The number of anilines is 1. The van der Waals surface area contributed by atoms with Gasteiger partial charge >= 0.3 is 0 Å². The lowest BCUT2D eigenvalue weighted by Crippen LogP contribution is -2.32. The molecule has 1 saturated carbocycles. The lowest BCUT2D eigenvalue weighted by Gasteiger charge is -2.30. The average molecular weight is 199 g/mol. The summed E-state index contributed by atoms with van der Waals surface area (Å²) in [6.07, 6.45) is 4.89. The standard InChI is InChI=1S/C8H13N3OS/c12-7(6-2-1-3-6)4-9-8-10-5-11-13-8/h5-7,12H,1-4H2,(H,9,10,11). The lowest BCUT2D eigenvalue weighted by atomic mass is 9.81. The van der Waals surface area contributed by atoms with Crippen LogP contribution in [-0.2, 0) is 0 Å². The average Bonchev–Trinajstić information content (AvgIpc) is 2.49. The Morgan fingerprint density at radius 3 is 3.08 bits per heavy atom. The second-order valence-electron chi connectivity index (χ2n) is 3.39. The van der Waals surface area contributed by atoms with Crippen LogP contribution in [0.1, 0.15) is 19.3 Å². The van der Waals surface area contributed by atoms with Crippen molar-refractivity contribution >= 4 is 16.7 Å². The molecule has 13 heavy (non-hydrogen) atoms. The Hall–Kier alpha value is -0.680. The Morgan fingerprint density at radius 2 is 2.54 bits per heavy atom. The van der Waals surface area contributed by atoms with Gasteiger partial charge < -0.3 is 10.4 Å². The highest BCUT2D eigenvalue weighted by Crippen LogP contribution is 2.29. The number of hydrogen-bond acceptors (Lipinski definition) is 5. The normalized spacial score (nSPS) is 19.5. The van der Waals surface area contributed by atoms with Crippen LogP contribution in [0.3, 0.4) is 0 Å². The highest BCUT2D eigenvalue weighted by atomic mass is 32.1. The molecular formula is C8H13N3OS. The van der Waals surface area contributed by atoms with Gasteiger partial charge in [0.05, 0.1) is 6.10 Å². The predicted octanol–water partition coefficient (Wildman–Crippen LogP) is 1.11. The van der Waals surface area contributed by atoms with Crippen molar-refractivity contribution in [1.82, 2.24) is 9.36 Å². The molecule has 2 rings (SSSR count). The number of nitrogens with one attached hydrogen (secondary N) is 1. The van der Waals surface area contributed by atoms with E-state index in [2.05, 4.69) is 14.7 Å². The van der Waals surface area contributed by atoms with Gasteiger partial charge in [0, 0.05) is 18.1 Å². The fourth-order valence-corrected chi connectivity index (χ4v) is 1.87. The van der Waals surface area contributed by atoms with E-state index in [0.717, 1.165) is 5.13 Å². The molecule has 1 unspecified atom stereocenters. The summed E-state index contributed by atoms with van der Waals surface area (Å²) in [5.74, 6) is 0.500. The molecule has 72 valence electrons. The first kappa shape index (κ1) is 8.90. The Morgan fingerprint density at radius 1 is 1.69 bits per heavy atom. The number of aliphatic hydroxyl groups excluding tert-OH is 1. The van der Waals surface area contributed by atoms with Gasteiger partial charge in [-0.15, -0.1) is 0 Å². The van der Waals surface area contributed by atoms with Gasteiger partial charge in [0.1, 0.15) is 6.33 Å². The first-order valence-electron chi connectivity index (χ1n) is 4.55. The Labute approximate surface area is 81.2 Å². The van der Waals surface area contributed by atoms with E-state index in [1.807, 2.05) is 0 Å². The number of aromatic nitrogens is 2. The van der Waals surface area contributed by atoms with Crippen LogP contribution in [0.2, 0.25) is 0 Å². The van der Waals surface area contributed by atoms with Gasteiger partial charge in [0.15, 0.2) is 0 Å². The van der Waals surface area contributed by atoms with Crippen molar-refractivity contribution in [2.45, 2.75) is 25.4 Å². The number of aliphatic hydroxyl groups is 1. The molecule has 1 atom stereocenters. The summed E-state index contributed by atoms with van der Waals surface area (Å²) in [5, 5.41) is 13.5. The molecule has 1 aromatic heterocycles. The van der Waals surface area contributed by atoms with E-state index < -0.39 is 0 Å². The van der Waals surface area contributed by atoms with E-state index in [-0.39, 0.29) is 6.10 Å². The number of hydrogen-bond donors (Lipinski definition) is 2. The first-order chi connectivity index (χ1) is 6.36. The summed E-state index contributed by atoms with van der Waals surface area (Å²) in [5.41, 5.74) is 0. The zero-order valence-corrected chi connectivity index (χ0v) is 8.13. The largest absolute Gasteiger partial charge is 0.391 e. The van der Waals surface area contributed by atoms with E-state index in [1.54, 1.807) is 0 Å². The summed E-state index contributed by atoms with van der Waals surface area (Å²) in [7, 11) is 0. The molecule has 1 aromatic rings. The third-order valence-corrected chi connectivity index (χ3v) is 3.14. The maximum Gasteiger partial charge on any atom is 0.202 e. The smallest absolute Gasteiger partial charge is 0.202 e. The van der Waals surface area contributed by atoms with Crippen molar-refractivity contribution in [2.75, 3.05) is 11.9 Å². The SMILES string of the molecule is OC(CNc1ncns1)C1CCC1. The molecule has 0 saturated heterocycles. The highest BCUT2D eigenvalue weighted by Gasteiger charge is 2.25. The molecule has 0 spiro atoms. The van der Waals surface area contributed by atoms with Gasteiger partial charge in [0.25, 0.3) is 0 Å². The summed E-state index contributed by atoms with van der Waals surface area (Å²) >= 11 is 1.32. The van der Waals surface area contributed by atoms with Crippen LogP contribution in [0.5, 0.6) is 0 Å². The molecule has 4 nitrogen and oxygen atoms in total. The zero-order chi connectivity index (χ0) is 9.10. The molecular weight excluding hydrogens is 186 g/mol. The maximum absolute atomic E-state index is 9.66. The summed E-state index contributed by atoms with van der Waals surface area (Å²) in [6, 6.07) is 0. The highest BCUT2D eigenvalue weighted by molar-refractivity contribution is 7.09. The summed E-state index contributed by atoms with van der Waals surface area (Å²) in [6.45, 7) is 0.597. The third-order valence-electron chi connectivity index (χ3n) is 2.52. The van der Waals surface area contributed by atoms with E-state index in [0.29, 0.717) is 12.5 Å². The number of nitrogens with zero attached hydrogens (tertiary/aromatic N) is 2. The van der Waals surface area contributed by atoms with Gasteiger partial charge in [-0.2, -0.15) is 4.37 Å². The van der Waals surface area contributed by atoms with Crippen LogP contribution in [0, 0.1) is 5.92 Å². The maximum atomic E-state index is 9.66. The lowest BCUT2D eigenvalue weighted by molar-refractivity contribution is 0.0729. The van der Waals surface area contributed by atoms with Crippen LogP contribution in [0.15, 0.2) is 6.33 Å². The fourth-order valence-electron chi connectivity index (χ4n) is 1.43. The van der Waals surface area contributed by atoms with Gasteiger partial charge in [-0.1, -0.05) is 6.42 Å². The molecule has 1 fully saturated rings. The zero-order valence-electron chi connectivity index (χ0n) is 7.31. The van der Waals surface area contributed by atoms with Crippen LogP contribution in [0.4, 0.5) is 5.13 Å². The molecule has 0 aromatic carbocycles. The van der Waals surface area contributed by atoms with Crippen LogP contribution < -0.4 is 5.32 Å². The van der Waals surface area contributed by atoms with E-state index in [1.165, 1.54) is 37.1 Å². The van der Waals surface area contributed by atoms with E-state index >= 15 is 0 Å². The Kier molecular flexibility index (Phi) is 2.75. The predicted molar refractivity (Wildman–Crippen MR) is 51.7 cm³/mol. The second-order valence-corrected chi connectivity index (χ2v) is 4.17. The van der Waals surface area contributed by atoms with Crippen LogP contribution in [-0.4, -0.2) is 27.1 Å². The van der Waals surface area contributed by atoms with E-state index in [4.69, 9.17) is 0 Å². The van der Waals surface area contributed by atoms with E-state index in [9.17, 15) is 5.11 Å². The van der Waals surface area contributed by atoms with Gasteiger partial charge in [-0.3, -0.25) is 0 Å². The summed E-state index contributed by atoms with van der Waals surface area (Å²) < 4.78 is 3.87. The summed E-state index contributed by atoms with van der Waals surface area (Å²) in [4.78, 5) is 3.98. The van der Waals surface area contributed by atoms with Gasteiger partial charge in [0.2, 0.25) is 5.13 Å². The fraction of sp³-hybridized carbons (Fsp3) is 0.750. The monoisotopic (exact) mass is 199 g/mol. The minimum atomic E-state index is -0.224. The Bertz CT molecular complexity index is 248. The van der Waals surface area contributed by atoms with Crippen molar-refractivity contribution in [3.05, 3.63) is 6.33 Å². The molecule has 1 aliphatic carbocycles. The second kappa shape index (κ2) is 4.02. The van der Waals surface area contributed by atoms with Gasteiger partial charge in [-0.25, -0.2) is 4.98 Å². The van der Waals surface area contributed by atoms with Crippen molar-refractivity contribution in [3.8, 4) is 0 Å².